The Balaban J connectivity index is 1.82. The smallest absolute Gasteiger partial charge is 0.0187 e. The monoisotopic (exact) mass is 262 g/mol. The van der Waals surface area contributed by atoms with E-state index in [2.05, 4.69) is 49.9 Å². The molecule has 0 aromatic heterocycles. The van der Waals surface area contributed by atoms with Crippen molar-refractivity contribution >= 4 is 11.8 Å². The van der Waals surface area contributed by atoms with Gasteiger partial charge in [0.05, 0.1) is 0 Å². The van der Waals surface area contributed by atoms with Crippen molar-refractivity contribution in [2.75, 3.05) is 0 Å². The lowest BCUT2D eigenvalue weighted by Crippen LogP contribution is -2.08. The van der Waals surface area contributed by atoms with Crippen LogP contribution in [0.15, 0.2) is 24.3 Å². The topological polar surface area (TPSA) is 0 Å². The number of benzene rings is 1. The number of hydrogen-bond acceptors (Lipinski definition) is 1. The second-order valence-electron chi connectivity index (χ2n) is 5.62. The molecule has 1 fully saturated rings. The van der Waals surface area contributed by atoms with Gasteiger partial charge < -0.3 is 0 Å². The summed E-state index contributed by atoms with van der Waals surface area (Å²) < 4.78 is 0. The summed E-state index contributed by atoms with van der Waals surface area (Å²) in [4.78, 5) is 0. The SMILES string of the molecule is CCC(C)c1ccc(CSC2CCCCC2)cc1. The molecule has 1 atom stereocenters. The Kier molecular flexibility index (Phi) is 5.62. The highest BCUT2D eigenvalue weighted by molar-refractivity contribution is 7.99. The maximum atomic E-state index is 2.33. The van der Waals surface area contributed by atoms with Crippen LogP contribution in [-0.4, -0.2) is 5.25 Å². The van der Waals surface area contributed by atoms with Crippen LogP contribution in [0.25, 0.3) is 0 Å². The third-order valence-corrected chi connectivity index (χ3v) is 5.64. The number of rotatable bonds is 5. The molecule has 0 radical (unpaired) electrons. The van der Waals surface area contributed by atoms with Crippen molar-refractivity contribution in [3.05, 3.63) is 35.4 Å². The van der Waals surface area contributed by atoms with Crippen LogP contribution in [0.4, 0.5) is 0 Å². The van der Waals surface area contributed by atoms with Crippen molar-refractivity contribution in [3.8, 4) is 0 Å². The van der Waals surface area contributed by atoms with Gasteiger partial charge in [0.25, 0.3) is 0 Å². The zero-order valence-electron chi connectivity index (χ0n) is 11.8. The molecular weight excluding hydrogens is 236 g/mol. The maximum absolute atomic E-state index is 2.33. The molecule has 0 N–H and O–H groups in total. The minimum absolute atomic E-state index is 0.699. The molecule has 0 bridgehead atoms. The molecule has 0 heterocycles. The van der Waals surface area contributed by atoms with E-state index in [-0.39, 0.29) is 0 Å². The average molecular weight is 262 g/mol. The van der Waals surface area contributed by atoms with Crippen molar-refractivity contribution in [1.82, 2.24) is 0 Å². The number of hydrogen-bond donors (Lipinski definition) is 0. The summed E-state index contributed by atoms with van der Waals surface area (Å²) in [5, 5.41) is 0.924. The van der Waals surface area contributed by atoms with Crippen molar-refractivity contribution in [1.29, 1.82) is 0 Å². The van der Waals surface area contributed by atoms with Crippen molar-refractivity contribution in [2.45, 2.75) is 69.3 Å². The summed E-state index contributed by atoms with van der Waals surface area (Å²) in [7, 11) is 0. The van der Waals surface area contributed by atoms with E-state index in [9.17, 15) is 0 Å². The highest BCUT2D eigenvalue weighted by atomic mass is 32.2. The van der Waals surface area contributed by atoms with E-state index in [0.29, 0.717) is 5.92 Å². The van der Waals surface area contributed by atoms with Gasteiger partial charge in [-0.2, -0.15) is 11.8 Å². The maximum Gasteiger partial charge on any atom is 0.0187 e. The molecule has 1 aromatic rings. The molecule has 1 saturated carbocycles. The lowest BCUT2D eigenvalue weighted by atomic mass is 9.98. The highest BCUT2D eigenvalue weighted by Crippen LogP contribution is 2.30. The Morgan fingerprint density at radius 1 is 1.11 bits per heavy atom. The molecule has 1 unspecified atom stereocenters. The van der Waals surface area contributed by atoms with Crippen LogP contribution in [0.5, 0.6) is 0 Å². The van der Waals surface area contributed by atoms with Crippen molar-refractivity contribution in [2.24, 2.45) is 0 Å². The van der Waals surface area contributed by atoms with Gasteiger partial charge in [0.1, 0.15) is 0 Å². The van der Waals surface area contributed by atoms with Gasteiger partial charge in [-0.3, -0.25) is 0 Å². The van der Waals surface area contributed by atoms with Crippen LogP contribution in [0.1, 0.15) is 69.4 Å². The van der Waals surface area contributed by atoms with Crippen LogP contribution in [0.2, 0.25) is 0 Å². The Morgan fingerprint density at radius 3 is 2.39 bits per heavy atom. The van der Waals surface area contributed by atoms with Crippen LogP contribution >= 0.6 is 11.8 Å². The van der Waals surface area contributed by atoms with Gasteiger partial charge in [-0.15, -0.1) is 0 Å². The third-order valence-electron chi connectivity index (χ3n) is 4.20. The first-order chi connectivity index (χ1) is 8.79. The predicted octanol–water partition coefficient (Wildman–Crippen LogP) is 5.77. The van der Waals surface area contributed by atoms with Crippen molar-refractivity contribution in [3.63, 3.8) is 0 Å². The molecule has 0 saturated heterocycles. The summed E-state index contributed by atoms with van der Waals surface area (Å²) in [5.41, 5.74) is 2.99. The van der Waals surface area contributed by atoms with Gasteiger partial charge in [0, 0.05) is 11.0 Å². The highest BCUT2D eigenvalue weighted by Gasteiger charge is 2.13. The quantitative estimate of drug-likeness (QED) is 0.649. The van der Waals surface area contributed by atoms with E-state index in [4.69, 9.17) is 0 Å². The first-order valence-electron chi connectivity index (χ1n) is 7.50. The van der Waals surface area contributed by atoms with E-state index >= 15 is 0 Å². The van der Waals surface area contributed by atoms with E-state index in [0.717, 1.165) is 5.25 Å². The van der Waals surface area contributed by atoms with Crippen molar-refractivity contribution < 1.29 is 0 Å². The fraction of sp³-hybridized carbons (Fsp3) is 0.647. The van der Waals surface area contributed by atoms with Gasteiger partial charge in [-0.25, -0.2) is 0 Å². The molecule has 100 valence electrons. The van der Waals surface area contributed by atoms with Gasteiger partial charge in [-0.05, 0) is 36.3 Å². The summed E-state index contributed by atoms with van der Waals surface area (Å²) in [5.74, 6) is 1.90. The molecule has 18 heavy (non-hydrogen) atoms. The standard InChI is InChI=1S/C17H26S/c1-3-14(2)16-11-9-15(10-12-16)13-18-17-7-5-4-6-8-17/h9-12,14,17H,3-8,13H2,1-2H3. The zero-order chi connectivity index (χ0) is 12.8. The van der Waals surface area contributed by atoms with Crippen LogP contribution in [0.3, 0.4) is 0 Å². The number of thioether (sulfide) groups is 1. The average Bonchev–Trinajstić information content (AvgIpc) is 2.46. The van der Waals surface area contributed by atoms with Gasteiger partial charge in [0.2, 0.25) is 0 Å². The van der Waals surface area contributed by atoms with E-state index in [1.54, 1.807) is 0 Å². The predicted molar refractivity (Wildman–Crippen MR) is 83.3 cm³/mol. The Morgan fingerprint density at radius 2 is 1.78 bits per heavy atom. The largest absolute Gasteiger partial charge is 0.154 e. The van der Waals surface area contributed by atoms with Crippen LogP contribution in [-0.2, 0) is 5.75 Å². The zero-order valence-corrected chi connectivity index (χ0v) is 12.6. The van der Waals surface area contributed by atoms with Gasteiger partial charge in [0.15, 0.2) is 0 Å². The Hall–Kier alpha value is -0.430. The molecule has 1 aromatic carbocycles. The van der Waals surface area contributed by atoms with E-state index in [1.165, 1.54) is 55.4 Å². The molecule has 0 amide bonds. The summed E-state index contributed by atoms with van der Waals surface area (Å²) in [6.45, 7) is 4.57. The van der Waals surface area contributed by atoms with Crippen LogP contribution < -0.4 is 0 Å². The molecule has 0 nitrogen and oxygen atoms in total. The minimum Gasteiger partial charge on any atom is -0.154 e. The van der Waals surface area contributed by atoms with E-state index in [1.807, 2.05) is 0 Å². The van der Waals surface area contributed by atoms with Gasteiger partial charge >= 0.3 is 0 Å². The molecule has 0 spiro atoms. The Bertz CT molecular complexity index is 335. The molecule has 0 aliphatic heterocycles. The lowest BCUT2D eigenvalue weighted by Gasteiger charge is -2.21. The minimum atomic E-state index is 0.699. The molecule has 1 heteroatoms. The summed E-state index contributed by atoms with van der Waals surface area (Å²) in [6.07, 6.45) is 8.47. The molecule has 1 aliphatic rings. The second kappa shape index (κ2) is 7.23. The first-order valence-corrected chi connectivity index (χ1v) is 8.55. The summed E-state index contributed by atoms with van der Waals surface area (Å²) in [6, 6.07) is 9.31. The first kappa shape index (κ1) is 14.0. The molecule has 1 aliphatic carbocycles. The lowest BCUT2D eigenvalue weighted by molar-refractivity contribution is 0.516. The van der Waals surface area contributed by atoms with Gasteiger partial charge in [-0.1, -0.05) is 57.4 Å². The molecule has 2 rings (SSSR count). The van der Waals surface area contributed by atoms with E-state index < -0.39 is 0 Å². The third kappa shape index (κ3) is 4.05. The summed E-state index contributed by atoms with van der Waals surface area (Å²) >= 11 is 2.17. The molecular formula is C17H26S. The second-order valence-corrected chi connectivity index (χ2v) is 6.91. The fourth-order valence-corrected chi connectivity index (χ4v) is 3.91. The van der Waals surface area contributed by atoms with Crippen LogP contribution in [0, 0.1) is 0 Å². The normalized spacial score (nSPS) is 18.8. The fourth-order valence-electron chi connectivity index (χ4n) is 2.62. The Labute approximate surface area is 117 Å².